The Balaban J connectivity index is 2.79. The average molecular weight is 204 g/mol. The van der Waals surface area contributed by atoms with Crippen LogP contribution in [0.3, 0.4) is 0 Å². The summed E-state index contributed by atoms with van der Waals surface area (Å²) in [5.74, 6) is -0.683. The number of carbonyl (C=O) groups excluding carboxylic acids is 2. The van der Waals surface area contributed by atoms with Crippen LogP contribution < -0.4 is 5.43 Å². The minimum Gasteiger partial charge on any atom is -0.293 e. The van der Waals surface area contributed by atoms with Gasteiger partial charge in [0.25, 0.3) is 0 Å². The smallest absolute Gasteiger partial charge is 0.183 e. The fraction of sp³-hybridized carbons (Fsp3) is 0.182. The van der Waals surface area contributed by atoms with Crippen LogP contribution in [0.2, 0.25) is 0 Å². The van der Waals surface area contributed by atoms with E-state index in [0.717, 1.165) is 5.69 Å². The zero-order valence-corrected chi connectivity index (χ0v) is 8.65. The lowest BCUT2D eigenvalue weighted by Gasteiger charge is -2.01. The van der Waals surface area contributed by atoms with Crippen molar-refractivity contribution in [2.24, 2.45) is 5.10 Å². The van der Waals surface area contributed by atoms with Crippen molar-refractivity contribution in [3.05, 3.63) is 30.3 Å². The molecule has 0 saturated carbocycles. The van der Waals surface area contributed by atoms with Crippen LogP contribution in [0.1, 0.15) is 13.8 Å². The van der Waals surface area contributed by atoms with E-state index in [1.807, 2.05) is 18.2 Å². The zero-order chi connectivity index (χ0) is 11.3. The lowest BCUT2D eigenvalue weighted by atomic mass is 10.2. The third-order valence-corrected chi connectivity index (χ3v) is 1.74. The molecule has 78 valence electrons. The highest BCUT2D eigenvalue weighted by molar-refractivity contribution is 6.65. The van der Waals surface area contributed by atoms with E-state index in [-0.39, 0.29) is 17.3 Å². The first-order valence-electron chi connectivity index (χ1n) is 4.52. The second-order valence-corrected chi connectivity index (χ2v) is 3.05. The third-order valence-electron chi connectivity index (χ3n) is 1.74. The van der Waals surface area contributed by atoms with Gasteiger partial charge in [-0.25, -0.2) is 0 Å². The van der Waals surface area contributed by atoms with E-state index in [0.29, 0.717) is 0 Å². The Morgan fingerprint density at radius 2 is 1.60 bits per heavy atom. The van der Waals surface area contributed by atoms with E-state index in [1.54, 1.807) is 12.1 Å². The number of nitrogens with zero attached hydrogens (tertiary/aromatic N) is 1. The molecule has 0 amide bonds. The molecule has 0 aromatic heterocycles. The highest BCUT2D eigenvalue weighted by Crippen LogP contribution is 2.04. The fourth-order valence-electron chi connectivity index (χ4n) is 1.04. The number of carbonyl (C=O) groups is 2. The Kier molecular flexibility index (Phi) is 3.74. The van der Waals surface area contributed by atoms with Gasteiger partial charge in [0.1, 0.15) is 0 Å². The van der Waals surface area contributed by atoms with Crippen molar-refractivity contribution in [3.8, 4) is 0 Å². The van der Waals surface area contributed by atoms with Crippen molar-refractivity contribution in [2.75, 3.05) is 5.43 Å². The topological polar surface area (TPSA) is 58.5 Å². The Labute approximate surface area is 88.0 Å². The summed E-state index contributed by atoms with van der Waals surface area (Å²) in [6.07, 6.45) is 0. The second kappa shape index (κ2) is 5.05. The van der Waals surface area contributed by atoms with Gasteiger partial charge >= 0.3 is 0 Å². The van der Waals surface area contributed by atoms with Crippen molar-refractivity contribution >= 4 is 23.0 Å². The molecular weight excluding hydrogens is 192 g/mol. The van der Waals surface area contributed by atoms with Gasteiger partial charge in [-0.05, 0) is 12.1 Å². The van der Waals surface area contributed by atoms with Gasteiger partial charge in [-0.3, -0.25) is 15.0 Å². The average Bonchev–Trinajstić information content (AvgIpc) is 2.18. The van der Waals surface area contributed by atoms with Gasteiger partial charge in [-0.2, -0.15) is 5.10 Å². The summed E-state index contributed by atoms with van der Waals surface area (Å²) >= 11 is 0. The number of para-hydroxylation sites is 1. The predicted molar refractivity (Wildman–Crippen MR) is 58.9 cm³/mol. The van der Waals surface area contributed by atoms with E-state index in [9.17, 15) is 9.59 Å². The Hall–Kier alpha value is -1.97. The van der Waals surface area contributed by atoms with Gasteiger partial charge in [0.05, 0.1) is 5.69 Å². The molecule has 4 heteroatoms. The molecule has 1 rings (SSSR count). The maximum absolute atomic E-state index is 11.0. The van der Waals surface area contributed by atoms with Crippen molar-refractivity contribution in [2.45, 2.75) is 13.8 Å². The Morgan fingerprint density at radius 3 is 2.07 bits per heavy atom. The normalized spacial score (nSPS) is 9.20. The van der Waals surface area contributed by atoms with Crippen LogP contribution in [0, 0.1) is 0 Å². The fourth-order valence-corrected chi connectivity index (χ4v) is 1.04. The van der Waals surface area contributed by atoms with Crippen molar-refractivity contribution in [3.63, 3.8) is 0 Å². The first-order chi connectivity index (χ1) is 7.11. The van der Waals surface area contributed by atoms with Gasteiger partial charge in [0.2, 0.25) is 0 Å². The zero-order valence-electron chi connectivity index (χ0n) is 8.65. The van der Waals surface area contributed by atoms with Gasteiger partial charge in [0.15, 0.2) is 17.3 Å². The second-order valence-electron chi connectivity index (χ2n) is 3.05. The van der Waals surface area contributed by atoms with Crippen molar-refractivity contribution in [1.29, 1.82) is 0 Å². The Bertz CT molecular complexity index is 380. The number of rotatable bonds is 4. The molecule has 1 aromatic carbocycles. The largest absolute Gasteiger partial charge is 0.293 e. The van der Waals surface area contributed by atoms with Gasteiger partial charge in [-0.1, -0.05) is 18.2 Å². The quantitative estimate of drug-likeness (QED) is 0.460. The van der Waals surface area contributed by atoms with Crippen LogP contribution in [0.25, 0.3) is 0 Å². The van der Waals surface area contributed by atoms with Crippen LogP contribution in [-0.4, -0.2) is 17.3 Å². The number of benzene rings is 1. The standard InChI is InChI=1S/C11H12N2O2/c1-8(14)11(9(2)15)13-12-10-6-4-3-5-7-10/h3-7,12H,1-2H3. The lowest BCUT2D eigenvalue weighted by molar-refractivity contribution is -0.114. The molecule has 0 radical (unpaired) electrons. The first-order valence-corrected chi connectivity index (χ1v) is 4.52. The summed E-state index contributed by atoms with van der Waals surface area (Å²) in [7, 11) is 0. The number of hydrazone groups is 1. The molecule has 0 fully saturated rings. The highest BCUT2D eigenvalue weighted by atomic mass is 16.1. The number of anilines is 1. The van der Waals surface area contributed by atoms with E-state index in [1.165, 1.54) is 13.8 Å². The molecule has 0 spiro atoms. The van der Waals surface area contributed by atoms with E-state index in [2.05, 4.69) is 10.5 Å². The maximum atomic E-state index is 11.0. The molecule has 0 atom stereocenters. The molecule has 0 unspecified atom stereocenters. The molecule has 0 bridgehead atoms. The molecule has 0 saturated heterocycles. The van der Waals surface area contributed by atoms with Gasteiger partial charge < -0.3 is 0 Å². The molecule has 0 aliphatic carbocycles. The minimum absolute atomic E-state index is 0.0705. The predicted octanol–water partition coefficient (Wildman–Crippen LogP) is 1.63. The van der Waals surface area contributed by atoms with Crippen LogP contribution >= 0.6 is 0 Å². The molecule has 15 heavy (non-hydrogen) atoms. The van der Waals surface area contributed by atoms with Gasteiger partial charge in [-0.15, -0.1) is 0 Å². The number of Topliss-reactive ketones (excluding diaryl/α,β-unsaturated/α-hetero) is 2. The summed E-state index contributed by atoms with van der Waals surface area (Å²) in [6, 6.07) is 9.12. The van der Waals surface area contributed by atoms with Crippen molar-refractivity contribution in [1.82, 2.24) is 0 Å². The van der Waals surface area contributed by atoms with Crippen LogP contribution in [-0.2, 0) is 9.59 Å². The Morgan fingerprint density at radius 1 is 1.07 bits per heavy atom. The van der Waals surface area contributed by atoms with Crippen LogP contribution in [0.4, 0.5) is 5.69 Å². The molecule has 1 aromatic rings. The molecule has 0 heterocycles. The van der Waals surface area contributed by atoms with Crippen LogP contribution in [0.15, 0.2) is 35.4 Å². The summed E-state index contributed by atoms with van der Waals surface area (Å²) in [5, 5.41) is 3.76. The van der Waals surface area contributed by atoms with E-state index >= 15 is 0 Å². The summed E-state index contributed by atoms with van der Waals surface area (Å²) < 4.78 is 0. The SMILES string of the molecule is CC(=O)C(=NNc1ccccc1)C(C)=O. The highest BCUT2D eigenvalue weighted by Gasteiger charge is 2.10. The molecular formula is C11H12N2O2. The van der Waals surface area contributed by atoms with E-state index < -0.39 is 0 Å². The number of hydrogen-bond donors (Lipinski definition) is 1. The maximum Gasteiger partial charge on any atom is 0.183 e. The summed E-state index contributed by atoms with van der Waals surface area (Å²) in [5.41, 5.74) is 3.32. The molecule has 1 N–H and O–H groups in total. The molecule has 0 aliphatic heterocycles. The molecule has 4 nitrogen and oxygen atoms in total. The van der Waals surface area contributed by atoms with Crippen molar-refractivity contribution < 1.29 is 9.59 Å². The third kappa shape index (κ3) is 3.34. The monoisotopic (exact) mass is 204 g/mol. The summed E-state index contributed by atoms with van der Waals surface area (Å²) in [6.45, 7) is 2.62. The lowest BCUT2D eigenvalue weighted by Crippen LogP contribution is -2.20. The van der Waals surface area contributed by atoms with Gasteiger partial charge in [0, 0.05) is 13.8 Å². The summed E-state index contributed by atoms with van der Waals surface area (Å²) in [4.78, 5) is 22.0. The van der Waals surface area contributed by atoms with E-state index in [4.69, 9.17) is 0 Å². The number of hydrogen-bond acceptors (Lipinski definition) is 4. The number of ketones is 2. The minimum atomic E-state index is -0.342. The molecule has 0 aliphatic rings. The first kappa shape index (κ1) is 11.1. The van der Waals surface area contributed by atoms with Crippen LogP contribution in [0.5, 0.6) is 0 Å². The number of nitrogens with one attached hydrogen (secondary N) is 1.